The fourth-order valence-electron chi connectivity index (χ4n) is 4.55. The highest BCUT2D eigenvalue weighted by Gasteiger charge is 2.16. The van der Waals surface area contributed by atoms with E-state index in [0.29, 0.717) is 0 Å². The normalized spacial score (nSPS) is 13.6. The summed E-state index contributed by atoms with van der Waals surface area (Å²) in [6.45, 7) is 0. The van der Waals surface area contributed by atoms with Crippen LogP contribution in [0.5, 0.6) is 0 Å². The molecule has 0 saturated heterocycles. The van der Waals surface area contributed by atoms with Gasteiger partial charge < -0.3 is 0 Å². The highest BCUT2D eigenvalue weighted by atomic mass is 32.2. The summed E-state index contributed by atoms with van der Waals surface area (Å²) in [6.07, 6.45) is 3.47. The highest BCUT2D eigenvalue weighted by Crippen LogP contribution is 2.43. The molecule has 0 bridgehead atoms. The molecule has 4 aromatic carbocycles. The van der Waals surface area contributed by atoms with E-state index in [1.807, 2.05) is 36.4 Å². The summed E-state index contributed by atoms with van der Waals surface area (Å²) in [5, 5.41) is 4.89. The lowest BCUT2D eigenvalue weighted by molar-refractivity contribution is 0.686. The molecule has 0 aliphatic heterocycles. The van der Waals surface area contributed by atoms with Gasteiger partial charge in [0.1, 0.15) is 0 Å². The lowest BCUT2D eigenvalue weighted by Crippen LogP contribution is -1.90. The van der Waals surface area contributed by atoms with Crippen molar-refractivity contribution in [1.29, 1.82) is 0 Å². The third kappa shape index (κ3) is 3.57. The predicted octanol–water partition coefficient (Wildman–Crippen LogP) is 8.08. The Balaban J connectivity index is 1.56. The van der Waals surface area contributed by atoms with Crippen molar-refractivity contribution >= 4 is 75.2 Å². The Bertz CT molecular complexity index is 1640. The average Bonchev–Trinajstić information content (AvgIpc) is 3.48. The minimum absolute atomic E-state index is 0.871. The van der Waals surface area contributed by atoms with Gasteiger partial charge >= 0.3 is 0 Å². The van der Waals surface area contributed by atoms with Crippen LogP contribution in [0, 0.1) is 0 Å². The molecule has 168 valence electrons. The fraction of sp³-hybridized carbons (Fsp3) is 0.0714. The molecule has 34 heavy (non-hydrogen) atoms. The maximum atomic E-state index is 12.3. The maximum Gasteiger partial charge on any atom is 0.0504 e. The van der Waals surface area contributed by atoms with Crippen molar-refractivity contribution < 1.29 is 8.42 Å². The molecule has 0 saturated carbocycles. The van der Waals surface area contributed by atoms with Gasteiger partial charge in [0.2, 0.25) is 0 Å². The van der Waals surface area contributed by atoms with Gasteiger partial charge in [-0.05, 0) is 47.2 Å². The van der Waals surface area contributed by atoms with Crippen molar-refractivity contribution in [3.05, 3.63) is 84.9 Å². The summed E-state index contributed by atoms with van der Waals surface area (Å²) in [5.41, 5.74) is 2.08. The average molecular weight is 517 g/mol. The molecule has 6 heteroatoms. The largest absolute Gasteiger partial charge is 0.255 e. The summed E-state index contributed by atoms with van der Waals surface area (Å²) in [7, 11) is -2.09. The Kier molecular flexibility index (Phi) is 5.49. The Hall–Kier alpha value is -2.64. The van der Waals surface area contributed by atoms with Gasteiger partial charge in [-0.15, -0.1) is 22.7 Å². The second kappa shape index (κ2) is 8.54. The molecular formula is C28H20O2S4. The lowest BCUT2D eigenvalue weighted by Gasteiger charge is -2.04. The Labute approximate surface area is 210 Å². The predicted molar refractivity (Wildman–Crippen MR) is 150 cm³/mol. The van der Waals surface area contributed by atoms with Gasteiger partial charge in [0.15, 0.2) is 0 Å². The smallest absolute Gasteiger partial charge is 0.0504 e. The number of rotatable bonds is 4. The zero-order valence-corrected chi connectivity index (χ0v) is 21.8. The first-order valence-electron chi connectivity index (χ1n) is 10.8. The zero-order chi connectivity index (χ0) is 23.4. The van der Waals surface area contributed by atoms with Crippen molar-refractivity contribution in [2.75, 3.05) is 12.5 Å². The molecule has 2 atom stereocenters. The van der Waals surface area contributed by atoms with E-state index >= 15 is 0 Å². The van der Waals surface area contributed by atoms with Crippen molar-refractivity contribution in [3.63, 3.8) is 0 Å². The Morgan fingerprint density at radius 2 is 0.941 bits per heavy atom. The molecule has 6 aromatic rings. The molecule has 0 fully saturated rings. The molecule has 2 aromatic heterocycles. The molecule has 2 unspecified atom stereocenters. The standard InChI is InChI=1S/C28H20O2S4/c1-33(29)27-9-5-3-7-19(27)25-15-21-17-12-14-24-22(18(17)11-13-23(21)31-25)16-26(32-24)20-8-4-6-10-28(20)34(2)30/h3-16H,1-2H3. The lowest BCUT2D eigenvalue weighted by atomic mass is 10.0. The molecule has 0 aliphatic rings. The number of thiophene rings is 2. The van der Waals surface area contributed by atoms with Gasteiger partial charge in [0.05, 0.1) is 21.6 Å². The molecule has 0 N–H and O–H groups in total. The van der Waals surface area contributed by atoms with Crippen LogP contribution in [0.4, 0.5) is 0 Å². The highest BCUT2D eigenvalue weighted by molar-refractivity contribution is 7.84. The summed E-state index contributed by atoms with van der Waals surface area (Å²) < 4.78 is 27.0. The molecular weight excluding hydrogens is 497 g/mol. The molecule has 0 spiro atoms. The summed E-state index contributed by atoms with van der Waals surface area (Å²) >= 11 is 3.49. The first-order chi connectivity index (χ1) is 16.5. The van der Waals surface area contributed by atoms with E-state index in [4.69, 9.17) is 0 Å². The van der Waals surface area contributed by atoms with Crippen LogP contribution < -0.4 is 0 Å². The third-order valence-electron chi connectivity index (χ3n) is 6.12. The monoisotopic (exact) mass is 516 g/mol. The van der Waals surface area contributed by atoms with Gasteiger partial charge in [-0.25, -0.2) is 0 Å². The van der Waals surface area contributed by atoms with Crippen LogP contribution in [0.2, 0.25) is 0 Å². The first-order valence-corrected chi connectivity index (χ1v) is 15.5. The van der Waals surface area contributed by atoms with E-state index in [-0.39, 0.29) is 0 Å². The van der Waals surface area contributed by atoms with Crippen molar-refractivity contribution in [2.24, 2.45) is 0 Å². The van der Waals surface area contributed by atoms with Crippen LogP contribution >= 0.6 is 22.7 Å². The number of hydrogen-bond acceptors (Lipinski definition) is 4. The first kappa shape index (κ1) is 21.9. The van der Waals surface area contributed by atoms with Crippen molar-refractivity contribution in [2.45, 2.75) is 9.79 Å². The van der Waals surface area contributed by atoms with Crippen molar-refractivity contribution in [1.82, 2.24) is 0 Å². The van der Waals surface area contributed by atoms with Gasteiger partial charge in [0.25, 0.3) is 0 Å². The number of benzene rings is 4. The Morgan fingerprint density at radius 3 is 1.35 bits per heavy atom. The van der Waals surface area contributed by atoms with Crippen LogP contribution in [0.1, 0.15) is 0 Å². The van der Waals surface area contributed by atoms with E-state index in [1.54, 1.807) is 35.2 Å². The van der Waals surface area contributed by atoms with Crippen LogP contribution in [0.15, 0.2) is 94.7 Å². The molecule has 2 heterocycles. The molecule has 2 nitrogen and oxygen atoms in total. The third-order valence-corrected chi connectivity index (χ3v) is 10.3. The number of hydrogen-bond donors (Lipinski definition) is 0. The van der Waals surface area contributed by atoms with Crippen LogP contribution in [0.25, 0.3) is 51.8 Å². The summed E-state index contributed by atoms with van der Waals surface area (Å²) in [5.74, 6) is 0. The van der Waals surface area contributed by atoms with Crippen LogP contribution in [-0.4, -0.2) is 20.9 Å². The van der Waals surface area contributed by atoms with Gasteiger partial charge in [-0.3, -0.25) is 8.42 Å². The van der Waals surface area contributed by atoms with Gasteiger partial charge in [0, 0.05) is 63.4 Å². The van der Waals surface area contributed by atoms with Crippen LogP contribution in [-0.2, 0) is 21.6 Å². The minimum atomic E-state index is -1.04. The fourth-order valence-corrected chi connectivity index (χ4v) is 8.43. The maximum absolute atomic E-state index is 12.3. The molecule has 6 rings (SSSR count). The topological polar surface area (TPSA) is 34.1 Å². The second-order valence-corrected chi connectivity index (χ2v) is 13.0. The van der Waals surface area contributed by atoms with E-state index in [2.05, 4.69) is 48.5 Å². The Morgan fingerprint density at radius 1 is 0.529 bits per heavy atom. The summed E-state index contributed by atoms with van der Waals surface area (Å²) in [6, 6.07) is 29.2. The molecule has 0 radical (unpaired) electrons. The van der Waals surface area contributed by atoms with Crippen LogP contribution in [0.3, 0.4) is 0 Å². The van der Waals surface area contributed by atoms with E-state index in [9.17, 15) is 8.42 Å². The zero-order valence-electron chi connectivity index (χ0n) is 18.5. The second-order valence-electron chi connectivity index (χ2n) is 8.17. The SMILES string of the molecule is CS(=O)c1ccccc1-c1cc2c(ccc3c4cc(-c5ccccc5S(C)=O)sc4ccc23)s1. The van der Waals surface area contributed by atoms with E-state index in [1.165, 1.54) is 30.9 Å². The van der Waals surface area contributed by atoms with Gasteiger partial charge in [-0.2, -0.15) is 0 Å². The van der Waals surface area contributed by atoms with E-state index in [0.717, 1.165) is 30.7 Å². The molecule has 0 aliphatic carbocycles. The van der Waals surface area contributed by atoms with E-state index < -0.39 is 21.6 Å². The quantitative estimate of drug-likeness (QED) is 0.237. The number of fused-ring (bicyclic) bond motifs is 5. The van der Waals surface area contributed by atoms with Gasteiger partial charge in [-0.1, -0.05) is 48.5 Å². The van der Waals surface area contributed by atoms with Crippen molar-refractivity contribution in [3.8, 4) is 20.9 Å². The molecule has 0 amide bonds. The summed E-state index contributed by atoms with van der Waals surface area (Å²) in [4.78, 5) is 4.02. The minimum Gasteiger partial charge on any atom is -0.255 e.